The van der Waals surface area contributed by atoms with Gasteiger partial charge in [-0.25, -0.2) is 4.79 Å². The molecule has 6 nitrogen and oxygen atoms in total. The Hall–Kier alpha value is -2.86. The number of carbonyl (C=O) groups excluding carboxylic acids is 1. The van der Waals surface area contributed by atoms with Gasteiger partial charge in [-0.05, 0) is 29.8 Å². The van der Waals surface area contributed by atoms with Gasteiger partial charge in [-0.1, -0.05) is 41.0 Å². The largest absolute Gasteiger partial charge is 0.478 e. The molecule has 7 heteroatoms. The number of rotatable bonds is 6. The number of anilines is 1. The van der Waals surface area contributed by atoms with E-state index in [1.165, 1.54) is 18.3 Å². The van der Waals surface area contributed by atoms with Crippen LogP contribution in [0.5, 0.6) is 0 Å². The zero-order valence-corrected chi connectivity index (χ0v) is 12.7. The van der Waals surface area contributed by atoms with E-state index in [4.69, 9.17) is 21.5 Å². The number of carboxylic acid groups (broad SMARTS) is 1. The molecule has 0 aliphatic heterocycles. The van der Waals surface area contributed by atoms with E-state index in [1.54, 1.807) is 36.4 Å². The minimum Gasteiger partial charge on any atom is -0.478 e. The van der Waals surface area contributed by atoms with Gasteiger partial charge in [0.15, 0.2) is 6.61 Å². The molecule has 2 rings (SSSR count). The summed E-state index contributed by atoms with van der Waals surface area (Å²) in [6.07, 6.45) is 1.44. The highest BCUT2D eigenvalue weighted by Crippen LogP contribution is 2.14. The van der Waals surface area contributed by atoms with Gasteiger partial charge in [-0.15, -0.1) is 0 Å². The fourth-order valence-corrected chi connectivity index (χ4v) is 1.83. The summed E-state index contributed by atoms with van der Waals surface area (Å²) in [5.74, 6) is -1.63. The third kappa shape index (κ3) is 5.12. The lowest BCUT2D eigenvalue weighted by atomic mass is 10.2. The van der Waals surface area contributed by atoms with Crippen LogP contribution in [-0.2, 0) is 9.63 Å². The first-order chi connectivity index (χ1) is 11.1. The summed E-state index contributed by atoms with van der Waals surface area (Å²) >= 11 is 5.76. The van der Waals surface area contributed by atoms with Gasteiger partial charge in [0, 0.05) is 5.02 Å². The average molecular weight is 333 g/mol. The second-order valence-electron chi connectivity index (χ2n) is 4.46. The fourth-order valence-electron chi connectivity index (χ4n) is 1.71. The molecular formula is C16H13ClN2O4. The molecule has 0 aromatic heterocycles. The molecule has 0 aliphatic carbocycles. The number of oxime groups is 1. The van der Waals surface area contributed by atoms with Crippen molar-refractivity contribution >= 4 is 35.4 Å². The van der Waals surface area contributed by atoms with Crippen LogP contribution in [0.2, 0.25) is 5.02 Å². The molecule has 118 valence electrons. The highest BCUT2D eigenvalue weighted by Gasteiger charge is 2.11. The van der Waals surface area contributed by atoms with E-state index < -0.39 is 11.9 Å². The van der Waals surface area contributed by atoms with Crippen LogP contribution in [0.1, 0.15) is 15.9 Å². The number of benzene rings is 2. The molecule has 2 N–H and O–H groups in total. The molecule has 0 unspecified atom stereocenters. The Kier molecular flexibility index (Phi) is 5.71. The molecule has 0 bridgehead atoms. The van der Waals surface area contributed by atoms with Crippen LogP contribution in [0.15, 0.2) is 53.7 Å². The van der Waals surface area contributed by atoms with E-state index in [2.05, 4.69) is 10.5 Å². The number of nitrogens with zero attached hydrogens (tertiary/aromatic N) is 1. The number of carbonyl (C=O) groups is 2. The van der Waals surface area contributed by atoms with E-state index in [1.807, 2.05) is 0 Å². The summed E-state index contributed by atoms with van der Waals surface area (Å²) in [5.41, 5.74) is 0.979. The molecule has 0 saturated carbocycles. The molecular weight excluding hydrogens is 320 g/mol. The van der Waals surface area contributed by atoms with Crippen molar-refractivity contribution in [1.82, 2.24) is 0 Å². The Labute approximate surface area is 137 Å². The highest BCUT2D eigenvalue weighted by atomic mass is 35.5. The zero-order chi connectivity index (χ0) is 16.7. The summed E-state index contributed by atoms with van der Waals surface area (Å²) < 4.78 is 0. The first kappa shape index (κ1) is 16.5. The Bertz CT molecular complexity index is 729. The molecule has 0 heterocycles. The molecule has 2 aromatic rings. The van der Waals surface area contributed by atoms with Crippen molar-refractivity contribution in [3.8, 4) is 0 Å². The minimum absolute atomic E-state index is 0.00511. The second kappa shape index (κ2) is 7.95. The van der Waals surface area contributed by atoms with Crippen molar-refractivity contribution in [2.75, 3.05) is 11.9 Å². The van der Waals surface area contributed by atoms with E-state index in [9.17, 15) is 9.59 Å². The lowest BCUT2D eigenvalue weighted by molar-refractivity contribution is -0.120. The Balaban J connectivity index is 1.86. The van der Waals surface area contributed by atoms with E-state index in [0.717, 1.165) is 5.56 Å². The van der Waals surface area contributed by atoms with Crippen molar-refractivity contribution < 1.29 is 19.5 Å². The topological polar surface area (TPSA) is 88.0 Å². The quantitative estimate of drug-likeness (QED) is 0.628. The number of hydrogen-bond donors (Lipinski definition) is 2. The number of carboxylic acids is 1. The summed E-state index contributed by atoms with van der Waals surface area (Å²) in [4.78, 5) is 27.6. The molecule has 0 fully saturated rings. The molecule has 0 atom stereocenters. The Morgan fingerprint density at radius 2 is 1.87 bits per heavy atom. The van der Waals surface area contributed by atoms with Gasteiger partial charge < -0.3 is 15.3 Å². The number of halogens is 1. The van der Waals surface area contributed by atoms with Gasteiger partial charge in [0.2, 0.25) is 0 Å². The van der Waals surface area contributed by atoms with E-state index in [-0.39, 0.29) is 17.9 Å². The lowest BCUT2D eigenvalue weighted by Crippen LogP contribution is -2.18. The normalized spacial score (nSPS) is 10.5. The maximum Gasteiger partial charge on any atom is 0.337 e. The van der Waals surface area contributed by atoms with Crippen LogP contribution >= 0.6 is 11.6 Å². The van der Waals surface area contributed by atoms with Gasteiger partial charge >= 0.3 is 5.97 Å². The highest BCUT2D eigenvalue weighted by molar-refractivity contribution is 6.30. The Morgan fingerprint density at radius 1 is 1.17 bits per heavy atom. The van der Waals surface area contributed by atoms with Crippen molar-refractivity contribution in [3.05, 3.63) is 64.7 Å². The smallest absolute Gasteiger partial charge is 0.337 e. The van der Waals surface area contributed by atoms with Gasteiger partial charge in [-0.3, -0.25) is 4.79 Å². The molecule has 2 aromatic carbocycles. The number of aromatic carboxylic acids is 1. The third-order valence-corrected chi connectivity index (χ3v) is 3.03. The summed E-state index contributed by atoms with van der Waals surface area (Å²) in [6, 6.07) is 13.0. The monoisotopic (exact) mass is 332 g/mol. The van der Waals surface area contributed by atoms with Gasteiger partial charge in [0.25, 0.3) is 5.91 Å². The number of para-hydroxylation sites is 1. The molecule has 0 aliphatic rings. The predicted octanol–water partition coefficient (Wildman–Crippen LogP) is 3.03. The minimum atomic E-state index is -1.12. The zero-order valence-electron chi connectivity index (χ0n) is 11.9. The van der Waals surface area contributed by atoms with E-state index >= 15 is 0 Å². The van der Waals surface area contributed by atoms with Crippen LogP contribution in [0.25, 0.3) is 0 Å². The Morgan fingerprint density at radius 3 is 2.57 bits per heavy atom. The van der Waals surface area contributed by atoms with Crippen LogP contribution in [0.3, 0.4) is 0 Å². The first-order valence-electron chi connectivity index (χ1n) is 6.59. The number of nitrogens with one attached hydrogen (secondary N) is 1. The van der Waals surface area contributed by atoms with Crippen LogP contribution < -0.4 is 5.32 Å². The lowest BCUT2D eigenvalue weighted by Gasteiger charge is -2.07. The summed E-state index contributed by atoms with van der Waals surface area (Å²) in [5, 5.41) is 15.8. The second-order valence-corrected chi connectivity index (χ2v) is 4.89. The molecule has 1 amide bonds. The molecule has 0 radical (unpaired) electrons. The fraction of sp³-hybridized carbons (Fsp3) is 0.0625. The van der Waals surface area contributed by atoms with Gasteiger partial charge in [0.05, 0.1) is 17.5 Å². The van der Waals surface area contributed by atoms with Crippen molar-refractivity contribution in [1.29, 1.82) is 0 Å². The molecule has 0 saturated heterocycles. The van der Waals surface area contributed by atoms with Gasteiger partial charge in [-0.2, -0.15) is 0 Å². The van der Waals surface area contributed by atoms with Gasteiger partial charge in [0.1, 0.15) is 0 Å². The predicted molar refractivity (Wildman–Crippen MR) is 87.0 cm³/mol. The first-order valence-corrected chi connectivity index (χ1v) is 6.97. The summed E-state index contributed by atoms with van der Waals surface area (Å²) in [6.45, 7) is -0.335. The SMILES string of the molecule is O=C(CO/N=C/c1ccc(Cl)cc1)Nc1ccccc1C(=O)O. The third-order valence-electron chi connectivity index (χ3n) is 2.77. The standard InChI is InChI=1S/C16H13ClN2O4/c17-12-7-5-11(6-8-12)9-18-23-10-15(20)19-14-4-2-1-3-13(14)16(21)22/h1-9H,10H2,(H,19,20)(H,21,22)/b18-9+. The van der Waals surface area contributed by atoms with Crippen molar-refractivity contribution in [2.45, 2.75) is 0 Å². The van der Waals surface area contributed by atoms with E-state index in [0.29, 0.717) is 5.02 Å². The average Bonchev–Trinajstić information content (AvgIpc) is 2.53. The van der Waals surface area contributed by atoms with Crippen molar-refractivity contribution in [3.63, 3.8) is 0 Å². The van der Waals surface area contributed by atoms with Crippen LogP contribution in [0, 0.1) is 0 Å². The molecule has 23 heavy (non-hydrogen) atoms. The maximum atomic E-state index is 11.7. The maximum absolute atomic E-state index is 11.7. The van der Waals surface area contributed by atoms with Crippen LogP contribution in [0.4, 0.5) is 5.69 Å². The van der Waals surface area contributed by atoms with Crippen molar-refractivity contribution in [2.24, 2.45) is 5.16 Å². The molecule has 0 spiro atoms. The number of amides is 1. The summed E-state index contributed by atoms with van der Waals surface area (Å²) in [7, 11) is 0. The number of hydrogen-bond acceptors (Lipinski definition) is 4. The van der Waals surface area contributed by atoms with Crippen LogP contribution in [-0.4, -0.2) is 29.8 Å².